The van der Waals surface area contributed by atoms with Crippen LogP contribution in [0.5, 0.6) is 0 Å². The number of hydroxylamine groups is 1. The molecule has 2 aromatic rings. The van der Waals surface area contributed by atoms with Gasteiger partial charge in [0.15, 0.2) is 0 Å². The summed E-state index contributed by atoms with van der Waals surface area (Å²) in [6.07, 6.45) is -4.24. The van der Waals surface area contributed by atoms with E-state index in [0.717, 1.165) is 30.3 Å². The molecular weight excluding hydrogens is 415 g/mol. The normalized spacial score (nSPS) is 19.6. The molecule has 1 aliphatic rings. The quantitative estimate of drug-likeness (QED) is 0.410. The van der Waals surface area contributed by atoms with Gasteiger partial charge in [0.05, 0.1) is 10.6 Å². The highest BCUT2D eigenvalue weighted by Crippen LogP contribution is 2.48. The van der Waals surface area contributed by atoms with Gasteiger partial charge in [-0.3, -0.25) is 20.4 Å². The van der Waals surface area contributed by atoms with Crippen LogP contribution in [0, 0.1) is 15.9 Å². The highest BCUT2D eigenvalue weighted by Gasteiger charge is 2.59. The second kappa shape index (κ2) is 6.66. The van der Waals surface area contributed by atoms with E-state index in [0.29, 0.717) is 6.08 Å². The molecule has 5 nitrogen and oxygen atoms in total. The molecule has 0 aliphatic carbocycles. The summed E-state index contributed by atoms with van der Waals surface area (Å²) in [5, 5.41) is 10.8. The summed E-state index contributed by atoms with van der Waals surface area (Å²) in [6, 6.07) is 5.99. The van der Waals surface area contributed by atoms with E-state index in [1.165, 1.54) is 6.07 Å². The second-order valence-corrected chi connectivity index (χ2v) is 6.45. The molecule has 0 saturated heterocycles. The maximum atomic E-state index is 13.9. The van der Waals surface area contributed by atoms with Gasteiger partial charge < -0.3 is 0 Å². The van der Waals surface area contributed by atoms with Crippen molar-refractivity contribution in [1.82, 2.24) is 5.48 Å². The first kappa shape index (κ1) is 19.4. The lowest BCUT2D eigenvalue weighted by Crippen LogP contribution is -2.42. The lowest BCUT2D eigenvalue weighted by molar-refractivity contribution is -0.387. The number of hydrogen-bond donors (Lipinski definition) is 1. The molecule has 0 spiro atoms. The third kappa shape index (κ3) is 3.45. The van der Waals surface area contributed by atoms with Crippen LogP contribution in [0.25, 0.3) is 5.70 Å². The number of nitro benzene ring substituents is 1. The van der Waals surface area contributed by atoms with Crippen molar-refractivity contribution in [3.8, 4) is 0 Å². The van der Waals surface area contributed by atoms with Gasteiger partial charge in [0.25, 0.3) is 0 Å². The molecule has 1 aliphatic heterocycles. The van der Waals surface area contributed by atoms with Gasteiger partial charge in [-0.15, -0.1) is 0 Å². The Morgan fingerprint density at radius 2 is 1.74 bits per heavy atom. The summed E-state index contributed by atoms with van der Waals surface area (Å²) in [6.45, 7) is 0. The van der Waals surface area contributed by atoms with E-state index in [9.17, 15) is 27.7 Å². The molecule has 142 valence electrons. The minimum atomic E-state index is -4.93. The van der Waals surface area contributed by atoms with Crippen LogP contribution in [0.15, 0.2) is 42.5 Å². The Morgan fingerprint density at radius 1 is 1.11 bits per heavy atom. The standard InChI is InChI=1S/C16H8Cl2F4N2O3/c17-10-4-9(5-11(18)6-10)15(16(20,21)22)7-13(23-27-15)8-1-2-12(19)14(3-8)24(25)26/h1-7,23H. The van der Waals surface area contributed by atoms with Crippen LogP contribution in [0.1, 0.15) is 11.1 Å². The molecular formula is C16H8Cl2F4N2O3. The van der Waals surface area contributed by atoms with Gasteiger partial charge in [0, 0.05) is 27.2 Å². The van der Waals surface area contributed by atoms with E-state index in [1.54, 1.807) is 0 Å². The zero-order chi connectivity index (χ0) is 20.0. The third-order valence-corrected chi connectivity index (χ3v) is 4.27. The Hall–Kier alpha value is -2.36. The second-order valence-electron chi connectivity index (χ2n) is 5.58. The highest BCUT2D eigenvalue weighted by atomic mass is 35.5. The average molecular weight is 423 g/mol. The van der Waals surface area contributed by atoms with Gasteiger partial charge in [-0.05, 0) is 36.4 Å². The fourth-order valence-corrected chi connectivity index (χ4v) is 3.10. The molecule has 11 heteroatoms. The van der Waals surface area contributed by atoms with Gasteiger partial charge in [-0.2, -0.15) is 17.6 Å². The van der Waals surface area contributed by atoms with E-state index in [4.69, 9.17) is 28.0 Å². The predicted octanol–water partition coefficient (Wildman–Crippen LogP) is 5.37. The number of nitrogens with zero attached hydrogens (tertiary/aromatic N) is 1. The van der Waals surface area contributed by atoms with E-state index >= 15 is 0 Å². The molecule has 0 amide bonds. The number of benzene rings is 2. The molecule has 3 rings (SSSR count). The molecule has 0 aromatic heterocycles. The molecule has 0 radical (unpaired) electrons. The van der Waals surface area contributed by atoms with Crippen LogP contribution in [0.2, 0.25) is 10.0 Å². The van der Waals surface area contributed by atoms with Crippen molar-refractivity contribution in [1.29, 1.82) is 0 Å². The van der Waals surface area contributed by atoms with Gasteiger partial charge in [0.2, 0.25) is 11.4 Å². The van der Waals surface area contributed by atoms with Crippen LogP contribution in [0.4, 0.5) is 23.2 Å². The van der Waals surface area contributed by atoms with Gasteiger partial charge >= 0.3 is 11.9 Å². The predicted molar refractivity (Wildman–Crippen MR) is 89.4 cm³/mol. The van der Waals surface area contributed by atoms with Crippen molar-refractivity contribution in [3.05, 3.63) is 79.6 Å². The van der Waals surface area contributed by atoms with Crippen molar-refractivity contribution in [2.75, 3.05) is 0 Å². The minimum Gasteiger partial charge on any atom is -0.265 e. The first-order valence-corrected chi connectivity index (χ1v) is 7.93. The third-order valence-electron chi connectivity index (χ3n) is 3.84. The Kier molecular flexibility index (Phi) is 4.79. The lowest BCUT2D eigenvalue weighted by Gasteiger charge is -2.28. The van der Waals surface area contributed by atoms with Crippen molar-refractivity contribution in [2.24, 2.45) is 0 Å². The molecule has 0 bridgehead atoms. The zero-order valence-corrected chi connectivity index (χ0v) is 14.5. The van der Waals surface area contributed by atoms with E-state index < -0.39 is 33.8 Å². The molecule has 0 fully saturated rings. The van der Waals surface area contributed by atoms with Crippen molar-refractivity contribution in [3.63, 3.8) is 0 Å². The molecule has 1 atom stereocenters. The monoisotopic (exact) mass is 422 g/mol. The molecule has 2 aromatic carbocycles. The topological polar surface area (TPSA) is 64.4 Å². The number of rotatable bonds is 3. The smallest absolute Gasteiger partial charge is 0.265 e. The summed E-state index contributed by atoms with van der Waals surface area (Å²) < 4.78 is 55.1. The number of hydrogen-bond acceptors (Lipinski definition) is 4. The summed E-state index contributed by atoms with van der Waals surface area (Å²) in [4.78, 5) is 14.7. The summed E-state index contributed by atoms with van der Waals surface area (Å²) in [7, 11) is 0. The fourth-order valence-electron chi connectivity index (χ4n) is 2.57. The SMILES string of the molecule is O=[N+]([O-])c1cc(C2=CC(c3cc(Cl)cc(Cl)c3)(C(F)(F)F)ON2)ccc1F. The largest absolute Gasteiger partial charge is 0.428 e. The average Bonchev–Trinajstić information content (AvgIpc) is 3.00. The fraction of sp³-hybridized carbons (Fsp3) is 0.125. The number of nitro groups is 1. The maximum absolute atomic E-state index is 13.9. The molecule has 1 heterocycles. The summed E-state index contributed by atoms with van der Waals surface area (Å²) >= 11 is 11.6. The number of halogens is 6. The zero-order valence-electron chi connectivity index (χ0n) is 13.0. The lowest BCUT2D eigenvalue weighted by atomic mass is 9.91. The van der Waals surface area contributed by atoms with Crippen LogP contribution in [0.3, 0.4) is 0 Å². The Labute approximate surface area is 159 Å². The Morgan fingerprint density at radius 3 is 2.30 bits per heavy atom. The van der Waals surface area contributed by atoms with Crippen molar-refractivity contribution >= 4 is 34.6 Å². The van der Waals surface area contributed by atoms with E-state index in [2.05, 4.69) is 5.48 Å². The van der Waals surface area contributed by atoms with Crippen LogP contribution in [-0.2, 0) is 10.4 Å². The van der Waals surface area contributed by atoms with Crippen LogP contribution >= 0.6 is 23.2 Å². The van der Waals surface area contributed by atoms with Crippen molar-refractivity contribution in [2.45, 2.75) is 11.8 Å². The molecule has 1 N–H and O–H groups in total. The van der Waals surface area contributed by atoms with Gasteiger partial charge in [0.1, 0.15) is 0 Å². The number of alkyl halides is 3. The summed E-state index contributed by atoms with van der Waals surface area (Å²) in [5.74, 6) is -1.12. The van der Waals surface area contributed by atoms with Crippen molar-refractivity contribution < 1.29 is 27.3 Å². The first-order chi connectivity index (χ1) is 12.5. The van der Waals surface area contributed by atoms with Crippen LogP contribution < -0.4 is 5.48 Å². The Bertz CT molecular complexity index is 945. The van der Waals surface area contributed by atoms with Gasteiger partial charge in [-0.1, -0.05) is 23.2 Å². The minimum absolute atomic E-state index is 0.0380. The first-order valence-electron chi connectivity index (χ1n) is 7.18. The Balaban J connectivity index is 2.15. The highest BCUT2D eigenvalue weighted by molar-refractivity contribution is 6.34. The van der Waals surface area contributed by atoms with Gasteiger partial charge in [-0.25, -0.2) is 0 Å². The maximum Gasteiger partial charge on any atom is 0.428 e. The van der Waals surface area contributed by atoms with E-state index in [-0.39, 0.29) is 21.3 Å². The molecule has 27 heavy (non-hydrogen) atoms. The van der Waals surface area contributed by atoms with E-state index in [1.807, 2.05) is 0 Å². The molecule has 0 saturated carbocycles. The molecule has 1 unspecified atom stereocenters. The number of nitrogens with one attached hydrogen (secondary N) is 1. The van der Waals surface area contributed by atoms with Crippen LogP contribution in [-0.4, -0.2) is 11.1 Å². The summed E-state index contributed by atoms with van der Waals surface area (Å²) in [5.41, 5.74) is -2.42.